The monoisotopic (exact) mass is 512 g/mol. The van der Waals surface area contributed by atoms with Gasteiger partial charge in [-0.15, -0.1) is 10.2 Å². The molecule has 2 atom stereocenters. The number of ether oxygens (including phenoxy) is 2. The van der Waals surface area contributed by atoms with Crippen molar-refractivity contribution >= 4 is 39.8 Å². The number of aromatic nitrogens is 2. The number of nitrogens with one attached hydrogen (secondary N) is 3. The molecule has 3 rings (SSSR count). The molecule has 0 aliphatic heterocycles. The second kappa shape index (κ2) is 12.2. The number of methoxy groups -OCH3 is 2. The van der Waals surface area contributed by atoms with Gasteiger partial charge in [0.2, 0.25) is 11.0 Å². The van der Waals surface area contributed by atoms with Crippen molar-refractivity contribution in [3.8, 4) is 22.1 Å². The number of carbonyl (C=O) groups excluding carboxylic acids is 2. The van der Waals surface area contributed by atoms with Crippen LogP contribution in [-0.2, 0) is 4.79 Å². The highest BCUT2D eigenvalue weighted by molar-refractivity contribution is 7.18. The second-order valence-corrected chi connectivity index (χ2v) is 9.35. The smallest absolute Gasteiger partial charge is 0.320 e. The van der Waals surface area contributed by atoms with Crippen LogP contribution in [0.2, 0.25) is 0 Å². The molecule has 3 aromatic rings. The van der Waals surface area contributed by atoms with E-state index in [-0.39, 0.29) is 11.8 Å². The maximum Gasteiger partial charge on any atom is 0.320 e. The summed E-state index contributed by atoms with van der Waals surface area (Å²) in [6.07, 6.45) is 0.684. The predicted octanol–water partition coefficient (Wildman–Crippen LogP) is 4.46. The van der Waals surface area contributed by atoms with Gasteiger partial charge < -0.3 is 25.0 Å². The maximum absolute atomic E-state index is 13.1. The predicted molar refractivity (Wildman–Crippen MR) is 143 cm³/mol. The molecular formula is C25H32N6O4S. The summed E-state index contributed by atoms with van der Waals surface area (Å²) in [5.41, 5.74) is 2.43. The molecule has 0 spiro atoms. The summed E-state index contributed by atoms with van der Waals surface area (Å²) >= 11 is 1.27. The molecule has 0 radical (unpaired) electrons. The standard InChI is InChI=1S/C25H32N6O4S/c1-7-15(2)21(27-24(33)26-19-13-12-18(34-5)14-20(19)35-6)22(32)28-25-30-29-23(36-25)16-8-10-17(11-9-16)31(3)4/h8-15,21H,7H2,1-6H3,(H2,26,27,33)(H,28,30,32). The van der Waals surface area contributed by atoms with Gasteiger partial charge in [-0.3, -0.25) is 10.1 Å². The first kappa shape index (κ1) is 26.7. The van der Waals surface area contributed by atoms with Gasteiger partial charge in [-0.1, -0.05) is 31.6 Å². The van der Waals surface area contributed by atoms with E-state index in [1.807, 2.05) is 57.1 Å². The molecule has 1 aromatic heterocycles. The van der Waals surface area contributed by atoms with Crippen molar-refractivity contribution in [2.45, 2.75) is 26.3 Å². The molecule has 0 saturated carbocycles. The number of urea groups is 1. The summed E-state index contributed by atoms with van der Waals surface area (Å²) < 4.78 is 10.5. The summed E-state index contributed by atoms with van der Waals surface area (Å²) in [6, 6.07) is 11.6. The number of anilines is 3. The van der Waals surface area contributed by atoms with Crippen LogP contribution in [0, 0.1) is 5.92 Å². The van der Waals surface area contributed by atoms with Crippen LogP contribution in [-0.4, -0.2) is 56.5 Å². The second-order valence-electron chi connectivity index (χ2n) is 8.37. The van der Waals surface area contributed by atoms with Crippen molar-refractivity contribution < 1.29 is 19.1 Å². The SMILES string of the molecule is CCC(C)C(NC(=O)Nc1ccc(OC)cc1OC)C(=O)Nc1nnc(-c2ccc(N(C)C)cc2)s1. The zero-order valence-electron chi connectivity index (χ0n) is 21.3. The van der Waals surface area contributed by atoms with Crippen molar-refractivity contribution in [3.05, 3.63) is 42.5 Å². The minimum Gasteiger partial charge on any atom is -0.497 e. The van der Waals surface area contributed by atoms with Crippen LogP contribution in [0.15, 0.2) is 42.5 Å². The number of benzene rings is 2. The molecule has 2 aromatic carbocycles. The van der Waals surface area contributed by atoms with E-state index in [0.29, 0.717) is 33.7 Å². The highest BCUT2D eigenvalue weighted by Crippen LogP contribution is 2.30. The van der Waals surface area contributed by atoms with E-state index in [0.717, 1.165) is 11.3 Å². The van der Waals surface area contributed by atoms with E-state index in [9.17, 15) is 9.59 Å². The fraction of sp³-hybridized carbons (Fsp3) is 0.360. The van der Waals surface area contributed by atoms with Gasteiger partial charge >= 0.3 is 6.03 Å². The van der Waals surface area contributed by atoms with E-state index in [1.54, 1.807) is 25.3 Å². The first-order chi connectivity index (χ1) is 17.2. The Hall–Kier alpha value is -3.86. The molecule has 2 unspecified atom stereocenters. The van der Waals surface area contributed by atoms with Gasteiger partial charge in [0.05, 0.1) is 19.9 Å². The molecule has 3 N–H and O–H groups in total. The quantitative estimate of drug-likeness (QED) is 0.367. The maximum atomic E-state index is 13.1. The summed E-state index contributed by atoms with van der Waals surface area (Å²) in [7, 11) is 7.00. The summed E-state index contributed by atoms with van der Waals surface area (Å²) in [5, 5.41) is 17.7. The van der Waals surface area contributed by atoms with Gasteiger partial charge in [0.1, 0.15) is 22.5 Å². The van der Waals surface area contributed by atoms with Crippen LogP contribution in [0.25, 0.3) is 10.6 Å². The number of amides is 3. The van der Waals surface area contributed by atoms with Gasteiger partial charge in [-0.25, -0.2) is 4.79 Å². The highest BCUT2D eigenvalue weighted by atomic mass is 32.1. The number of carbonyl (C=O) groups is 2. The zero-order chi connectivity index (χ0) is 26.2. The third kappa shape index (κ3) is 6.63. The molecule has 1 heterocycles. The summed E-state index contributed by atoms with van der Waals surface area (Å²) in [6.45, 7) is 3.85. The highest BCUT2D eigenvalue weighted by Gasteiger charge is 2.27. The molecule has 0 aliphatic rings. The average molecular weight is 513 g/mol. The van der Waals surface area contributed by atoms with E-state index in [2.05, 4.69) is 26.1 Å². The average Bonchev–Trinajstić information content (AvgIpc) is 3.35. The Kier molecular flexibility index (Phi) is 9.07. The van der Waals surface area contributed by atoms with Gasteiger partial charge in [0.25, 0.3) is 0 Å². The molecule has 0 fully saturated rings. The Morgan fingerprint density at radius 1 is 1.03 bits per heavy atom. The Labute approximate surface area is 215 Å². The van der Waals surface area contributed by atoms with Crippen LogP contribution in [0.4, 0.5) is 21.3 Å². The minimum absolute atomic E-state index is 0.125. The number of hydrogen-bond acceptors (Lipinski definition) is 8. The molecule has 192 valence electrons. The van der Waals surface area contributed by atoms with E-state index in [1.165, 1.54) is 18.4 Å². The fourth-order valence-corrected chi connectivity index (χ4v) is 4.13. The summed E-state index contributed by atoms with van der Waals surface area (Å²) in [4.78, 5) is 27.9. The molecular weight excluding hydrogens is 480 g/mol. The lowest BCUT2D eigenvalue weighted by Gasteiger charge is -2.23. The lowest BCUT2D eigenvalue weighted by atomic mass is 9.98. The molecule has 0 saturated heterocycles. The molecule has 36 heavy (non-hydrogen) atoms. The molecule has 10 nitrogen and oxygen atoms in total. The van der Waals surface area contributed by atoms with Crippen LogP contribution < -0.4 is 30.3 Å². The Morgan fingerprint density at radius 3 is 2.36 bits per heavy atom. The molecule has 3 amide bonds. The van der Waals surface area contributed by atoms with Crippen molar-refractivity contribution in [1.82, 2.24) is 15.5 Å². The number of nitrogens with zero attached hydrogens (tertiary/aromatic N) is 3. The van der Waals surface area contributed by atoms with Gasteiger partial charge in [0.15, 0.2) is 0 Å². The van der Waals surface area contributed by atoms with E-state index < -0.39 is 12.1 Å². The Bertz CT molecular complexity index is 1180. The molecule has 11 heteroatoms. The minimum atomic E-state index is -0.786. The van der Waals surface area contributed by atoms with Crippen LogP contribution in [0.3, 0.4) is 0 Å². The van der Waals surface area contributed by atoms with Crippen molar-refractivity contribution in [2.24, 2.45) is 5.92 Å². The van der Waals surface area contributed by atoms with Gasteiger partial charge in [-0.2, -0.15) is 0 Å². The topological polar surface area (TPSA) is 118 Å². The van der Waals surface area contributed by atoms with Crippen LogP contribution in [0.5, 0.6) is 11.5 Å². The molecule has 0 bridgehead atoms. The zero-order valence-corrected chi connectivity index (χ0v) is 22.1. The summed E-state index contributed by atoms with van der Waals surface area (Å²) in [5.74, 6) is 0.542. The normalized spacial score (nSPS) is 12.3. The van der Waals surface area contributed by atoms with E-state index >= 15 is 0 Å². The number of rotatable bonds is 10. The van der Waals surface area contributed by atoms with Gasteiger partial charge in [0, 0.05) is 31.4 Å². The van der Waals surface area contributed by atoms with Crippen LogP contribution >= 0.6 is 11.3 Å². The van der Waals surface area contributed by atoms with Crippen molar-refractivity contribution in [1.29, 1.82) is 0 Å². The third-order valence-electron chi connectivity index (χ3n) is 5.72. The first-order valence-corrected chi connectivity index (χ1v) is 12.3. The Morgan fingerprint density at radius 2 is 1.75 bits per heavy atom. The largest absolute Gasteiger partial charge is 0.497 e. The Balaban J connectivity index is 1.69. The van der Waals surface area contributed by atoms with Crippen LogP contribution in [0.1, 0.15) is 20.3 Å². The van der Waals surface area contributed by atoms with E-state index in [4.69, 9.17) is 9.47 Å². The first-order valence-electron chi connectivity index (χ1n) is 11.5. The fourth-order valence-electron chi connectivity index (χ4n) is 3.38. The molecule has 0 aliphatic carbocycles. The van der Waals surface area contributed by atoms with Crippen molar-refractivity contribution in [3.63, 3.8) is 0 Å². The number of hydrogen-bond donors (Lipinski definition) is 3. The third-order valence-corrected chi connectivity index (χ3v) is 6.61. The lowest BCUT2D eigenvalue weighted by molar-refractivity contribution is -0.119. The van der Waals surface area contributed by atoms with Crippen molar-refractivity contribution in [2.75, 3.05) is 43.8 Å². The lowest BCUT2D eigenvalue weighted by Crippen LogP contribution is -2.49. The van der Waals surface area contributed by atoms with Gasteiger partial charge in [-0.05, 0) is 42.3 Å².